The van der Waals surface area contributed by atoms with Crippen LogP contribution >= 0.6 is 35.3 Å². The van der Waals surface area contributed by atoms with Crippen molar-refractivity contribution in [3.05, 3.63) is 33.6 Å². The zero-order valence-corrected chi connectivity index (χ0v) is 19.4. The van der Waals surface area contributed by atoms with E-state index in [0.29, 0.717) is 6.54 Å². The van der Waals surface area contributed by atoms with Crippen molar-refractivity contribution in [3.8, 4) is 0 Å². The minimum absolute atomic E-state index is 0. The summed E-state index contributed by atoms with van der Waals surface area (Å²) in [4.78, 5) is 14.1. The number of nitrogens with zero attached hydrogens (tertiary/aromatic N) is 5. The number of halogens is 1. The van der Waals surface area contributed by atoms with Gasteiger partial charge in [0.1, 0.15) is 5.76 Å². The average Bonchev–Trinajstić information content (AvgIpc) is 3.28. The minimum Gasteiger partial charge on any atom is -0.361 e. The molecule has 1 saturated heterocycles. The second kappa shape index (κ2) is 11.0. The predicted octanol–water partition coefficient (Wildman–Crippen LogP) is 2.90. The number of hydrogen-bond donors (Lipinski definition) is 1. The SMILES string of the molecule is CCNC(=NCc1csc(CC)n1)N1CCN(Cc2cc(C)on2)CC1.I. The molecule has 3 heterocycles. The standard InChI is InChI=1S/C18H28N6OS.HI/c1-4-17-21-16(13-26-17)11-20-18(19-5-2)24-8-6-23(7-9-24)12-15-10-14(3)25-22-15;/h10,13H,4-9,11-12H2,1-3H3,(H,19,20);1H. The molecule has 1 aliphatic heterocycles. The molecule has 1 fully saturated rings. The first-order chi connectivity index (χ1) is 12.7. The molecule has 2 aromatic heterocycles. The highest BCUT2D eigenvalue weighted by atomic mass is 127. The van der Waals surface area contributed by atoms with Gasteiger partial charge in [-0.05, 0) is 20.3 Å². The Morgan fingerprint density at radius 2 is 2.04 bits per heavy atom. The third-order valence-corrected chi connectivity index (χ3v) is 5.40. The highest BCUT2D eigenvalue weighted by Crippen LogP contribution is 2.12. The molecule has 0 radical (unpaired) electrons. The molecule has 1 aliphatic rings. The molecule has 2 aromatic rings. The number of piperazine rings is 1. The van der Waals surface area contributed by atoms with Gasteiger partial charge in [0, 0.05) is 50.7 Å². The van der Waals surface area contributed by atoms with Gasteiger partial charge in [-0.2, -0.15) is 0 Å². The summed E-state index contributed by atoms with van der Waals surface area (Å²) in [7, 11) is 0. The second-order valence-corrected chi connectivity index (χ2v) is 7.39. The first-order valence-electron chi connectivity index (χ1n) is 9.29. The molecule has 0 unspecified atom stereocenters. The van der Waals surface area contributed by atoms with Gasteiger partial charge in [0.15, 0.2) is 5.96 Å². The molecule has 0 atom stereocenters. The van der Waals surface area contributed by atoms with Crippen molar-refractivity contribution in [1.82, 2.24) is 25.3 Å². The molecule has 7 nitrogen and oxygen atoms in total. The lowest BCUT2D eigenvalue weighted by Gasteiger charge is -2.36. The van der Waals surface area contributed by atoms with E-state index in [1.807, 2.05) is 13.0 Å². The summed E-state index contributed by atoms with van der Waals surface area (Å²) in [6, 6.07) is 2.01. The number of thiazole rings is 1. The second-order valence-electron chi connectivity index (χ2n) is 6.45. The van der Waals surface area contributed by atoms with Crippen LogP contribution in [0, 0.1) is 6.92 Å². The van der Waals surface area contributed by atoms with Gasteiger partial charge in [-0.3, -0.25) is 4.90 Å². The van der Waals surface area contributed by atoms with E-state index in [9.17, 15) is 0 Å². The summed E-state index contributed by atoms with van der Waals surface area (Å²) in [6.07, 6.45) is 0.988. The summed E-state index contributed by atoms with van der Waals surface area (Å²) < 4.78 is 5.16. The van der Waals surface area contributed by atoms with Crippen molar-refractivity contribution >= 4 is 41.3 Å². The monoisotopic (exact) mass is 504 g/mol. The maximum Gasteiger partial charge on any atom is 0.194 e. The van der Waals surface area contributed by atoms with E-state index < -0.39 is 0 Å². The number of aliphatic imine (C=N–C) groups is 1. The molecule has 9 heteroatoms. The Morgan fingerprint density at radius 3 is 2.63 bits per heavy atom. The molecule has 150 valence electrons. The lowest BCUT2D eigenvalue weighted by Crippen LogP contribution is -2.52. The number of nitrogens with one attached hydrogen (secondary N) is 1. The van der Waals surface area contributed by atoms with Crippen LogP contribution in [0.4, 0.5) is 0 Å². The molecule has 0 bridgehead atoms. The number of rotatable bonds is 6. The fraction of sp³-hybridized carbons (Fsp3) is 0.611. The van der Waals surface area contributed by atoms with Crippen LogP contribution in [-0.2, 0) is 19.5 Å². The summed E-state index contributed by atoms with van der Waals surface area (Å²) in [5.74, 6) is 1.85. The number of aryl methyl sites for hydroxylation is 2. The third-order valence-electron chi connectivity index (χ3n) is 4.36. The fourth-order valence-corrected chi connectivity index (χ4v) is 3.74. The Hall–Kier alpha value is -1.20. The van der Waals surface area contributed by atoms with Crippen LogP contribution in [0.1, 0.15) is 36.0 Å². The largest absolute Gasteiger partial charge is 0.361 e. The fourth-order valence-electron chi connectivity index (χ4n) is 3.00. The van der Waals surface area contributed by atoms with E-state index in [4.69, 9.17) is 9.52 Å². The molecule has 0 aliphatic carbocycles. The molecule has 3 rings (SSSR count). The van der Waals surface area contributed by atoms with E-state index in [1.54, 1.807) is 11.3 Å². The molecular weight excluding hydrogens is 475 g/mol. The first-order valence-corrected chi connectivity index (χ1v) is 10.2. The van der Waals surface area contributed by atoms with Crippen LogP contribution in [-0.4, -0.2) is 58.6 Å². The van der Waals surface area contributed by atoms with Crippen molar-refractivity contribution < 1.29 is 4.52 Å². The zero-order valence-electron chi connectivity index (χ0n) is 16.3. The molecule has 27 heavy (non-hydrogen) atoms. The first kappa shape index (κ1) is 22.1. The topological polar surface area (TPSA) is 69.8 Å². The van der Waals surface area contributed by atoms with Crippen molar-refractivity contribution in [2.75, 3.05) is 32.7 Å². The average molecular weight is 504 g/mol. The van der Waals surface area contributed by atoms with Crippen LogP contribution in [0.15, 0.2) is 21.0 Å². The van der Waals surface area contributed by atoms with Gasteiger partial charge in [-0.15, -0.1) is 35.3 Å². The lowest BCUT2D eigenvalue weighted by atomic mass is 10.3. The Labute approximate surface area is 182 Å². The quantitative estimate of drug-likeness (QED) is 0.371. The van der Waals surface area contributed by atoms with Gasteiger partial charge in [-0.25, -0.2) is 9.98 Å². The molecule has 0 saturated carbocycles. The molecule has 0 amide bonds. The summed E-state index contributed by atoms with van der Waals surface area (Å²) in [6.45, 7) is 12.4. The highest BCUT2D eigenvalue weighted by Gasteiger charge is 2.20. The maximum absolute atomic E-state index is 5.16. The van der Waals surface area contributed by atoms with Gasteiger partial charge < -0.3 is 14.7 Å². The molecular formula is C18H29IN6OS. The Kier molecular flexibility index (Phi) is 8.97. The maximum atomic E-state index is 5.16. The van der Waals surface area contributed by atoms with Crippen molar-refractivity contribution in [3.63, 3.8) is 0 Å². The summed E-state index contributed by atoms with van der Waals surface area (Å²) in [5, 5.41) is 10.8. The van der Waals surface area contributed by atoms with E-state index in [2.05, 4.69) is 44.5 Å². The zero-order chi connectivity index (χ0) is 18.4. The van der Waals surface area contributed by atoms with Gasteiger partial charge in [-0.1, -0.05) is 12.1 Å². The van der Waals surface area contributed by atoms with Gasteiger partial charge >= 0.3 is 0 Å². The van der Waals surface area contributed by atoms with Crippen LogP contribution < -0.4 is 5.32 Å². The molecule has 0 aromatic carbocycles. The predicted molar refractivity (Wildman–Crippen MR) is 120 cm³/mol. The Morgan fingerprint density at radius 1 is 1.26 bits per heavy atom. The van der Waals surface area contributed by atoms with E-state index in [0.717, 1.165) is 68.8 Å². The van der Waals surface area contributed by atoms with Crippen LogP contribution in [0.5, 0.6) is 0 Å². The number of aromatic nitrogens is 2. The Balaban J connectivity index is 0.00000261. The molecule has 0 spiro atoms. The number of guanidine groups is 1. The van der Waals surface area contributed by atoms with E-state index in [1.165, 1.54) is 5.01 Å². The minimum atomic E-state index is 0. The van der Waals surface area contributed by atoms with Gasteiger partial charge in [0.05, 0.1) is 22.9 Å². The van der Waals surface area contributed by atoms with Crippen molar-refractivity contribution in [1.29, 1.82) is 0 Å². The van der Waals surface area contributed by atoms with Crippen LogP contribution in [0.25, 0.3) is 0 Å². The molecule has 1 N–H and O–H groups in total. The van der Waals surface area contributed by atoms with E-state index >= 15 is 0 Å². The van der Waals surface area contributed by atoms with Crippen molar-refractivity contribution in [2.24, 2.45) is 4.99 Å². The van der Waals surface area contributed by atoms with Crippen molar-refractivity contribution in [2.45, 2.75) is 40.3 Å². The normalized spacial score (nSPS) is 15.7. The van der Waals surface area contributed by atoms with Crippen LogP contribution in [0.2, 0.25) is 0 Å². The summed E-state index contributed by atoms with van der Waals surface area (Å²) in [5.41, 5.74) is 2.06. The smallest absolute Gasteiger partial charge is 0.194 e. The summed E-state index contributed by atoms with van der Waals surface area (Å²) >= 11 is 1.72. The van der Waals surface area contributed by atoms with E-state index in [-0.39, 0.29) is 24.0 Å². The third kappa shape index (κ3) is 6.42. The van der Waals surface area contributed by atoms with Gasteiger partial charge in [0.25, 0.3) is 0 Å². The van der Waals surface area contributed by atoms with Crippen LogP contribution in [0.3, 0.4) is 0 Å². The van der Waals surface area contributed by atoms with Gasteiger partial charge in [0.2, 0.25) is 0 Å². The lowest BCUT2D eigenvalue weighted by molar-refractivity contribution is 0.169. The number of hydrogen-bond acceptors (Lipinski definition) is 6. The Bertz CT molecular complexity index is 723. The highest BCUT2D eigenvalue weighted by molar-refractivity contribution is 14.0.